The van der Waals surface area contributed by atoms with Crippen LogP contribution >= 0.6 is 0 Å². The third-order valence-electron chi connectivity index (χ3n) is 4.07. The molecule has 0 aliphatic carbocycles. The summed E-state index contributed by atoms with van der Waals surface area (Å²) in [6.07, 6.45) is 0. The van der Waals surface area contributed by atoms with E-state index in [1.165, 1.54) is 5.56 Å². The fourth-order valence-electron chi connectivity index (χ4n) is 2.70. The van der Waals surface area contributed by atoms with Crippen molar-refractivity contribution in [1.29, 1.82) is 0 Å². The zero-order valence-electron chi connectivity index (χ0n) is 14.6. The topological polar surface area (TPSA) is 62.9 Å². The smallest absolute Gasteiger partial charge is 0.193 e. The van der Waals surface area contributed by atoms with Crippen LogP contribution in [-0.2, 0) is 4.74 Å². The zero-order valence-corrected chi connectivity index (χ0v) is 14.6. The average Bonchev–Trinajstić information content (AvgIpc) is 2.54. The van der Waals surface area contributed by atoms with E-state index in [9.17, 15) is 0 Å². The number of guanidine groups is 1. The van der Waals surface area contributed by atoms with Gasteiger partial charge in [0.2, 0.25) is 0 Å². The molecule has 1 unspecified atom stereocenters. The lowest BCUT2D eigenvalue weighted by atomic mass is 10.0. The number of hydrogen-bond acceptors (Lipinski definition) is 3. The van der Waals surface area contributed by atoms with Gasteiger partial charge in [0.25, 0.3) is 0 Å². The number of benzene rings is 1. The summed E-state index contributed by atoms with van der Waals surface area (Å²) in [5.41, 5.74) is 8.31. The number of ether oxygens (including phenoxy) is 1. The van der Waals surface area contributed by atoms with Crippen molar-refractivity contribution < 1.29 is 4.74 Å². The Morgan fingerprint density at radius 3 is 2.74 bits per heavy atom. The van der Waals surface area contributed by atoms with Gasteiger partial charge in [-0.3, -0.25) is 9.89 Å². The van der Waals surface area contributed by atoms with Gasteiger partial charge in [-0.15, -0.1) is 0 Å². The fourth-order valence-corrected chi connectivity index (χ4v) is 2.70. The Labute approximate surface area is 139 Å². The first-order valence-corrected chi connectivity index (χ1v) is 8.51. The largest absolute Gasteiger partial charge is 0.379 e. The van der Waals surface area contributed by atoms with Crippen LogP contribution in [0.15, 0.2) is 29.3 Å². The third-order valence-corrected chi connectivity index (χ3v) is 4.07. The standard InChI is InChI=1S/C18H30N4O/c1-14(2)16-5-4-6-17(11-16)21-18(19)20-12-15(3)13-22-7-9-23-10-8-22/h4-6,11,14-15H,7-10,12-13H2,1-3H3,(H3,19,20,21). The van der Waals surface area contributed by atoms with Gasteiger partial charge in [-0.1, -0.05) is 32.9 Å². The Bertz CT molecular complexity index is 509. The number of rotatable bonds is 6. The molecule has 0 aromatic heterocycles. The number of anilines is 1. The molecule has 23 heavy (non-hydrogen) atoms. The molecule has 3 N–H and O–H groups in total. The molecule has 1 heterocycles. The first-order valence-electron chi connectivity index (χ1n) is 8.51. The summed E-state index contributed by atoms with van der Waals surface area (Å²) in [5, 5.41) is 3.19. The Balaban J connectivity index is 1.81. The summed E-state index contributed by atoms with van der Waals surface area (Å²) >= 11 is 0. The van der Waals surface area contributed by atoms with Gasteiger partial charge < -0.3 is 15.8 Å². The van der Waals surface area contributed by atoms with E-state index in [1.54, 1.807) is 0 Å². The number of aliphatic imine (C=N–C) groups is 1. The van der Waals surface area contributed by atoms with Gasteiger partial charge in [-0.2, -0.15) is 0 Å². The van der Waals surface area contributed by atoms with Crippen LogP contribution in [0.4, 0.5) is 5.69 Å². The average molecular weight is 318 g/mol. The van der Waals surface area contributed by atoms with Crippen LogP contribution in [-0.4, -0.2) is 50.3 Å². The Morgan fingerprint density at radius 2 is 2.04 bits per heavy atom. The van der Waals surface area contributed by atoms with Crippen molar-refractivity contribution >= 4 is 11.6 Å². The van der Waals surface area contributed by atoms with Crippen molar-refractivity contribution in [3.63, 3.8) is 0 Å². The monoisotopic (exact) mass is 318 g/mol. The predicted molar refractivity (Wildman–Crippen MR) is 97.1 cm³/mol. The molecule has 0 saturated carbocycles. The molecule has 1 aliphatic rings. The van der Waals surface area contributed by atoms with Crippen LogP contribution in [0.2, 0.25) is 0 Å². The molecular formula is C18H30N4O. The van der Waals surface area contributed by atoms with E-state index in [0.29, 0.717) is 17.8 Å². The van der Waals surface area contributed by atoms with E-state index in [2.05, 4.69) is 48.1 Å². The number of hydrogen-bond donors (Lipinski definition) is 2. The van der Waals surface area contributed by atoms with E-state index in [0.717, 1.165) is 45.1 Å². The Morgan fingerprint density at radius 1 is 1.30 bits per heavy atom. The van der Waals surface area contributed by atoms with Crippen LogP contribution < -0.4 is 11.1 Å². The number of morpholine rings is 1. The van der Waals surface area contributed by atoms with Crippen LogP contribution in [0.3, 0.4) is 0 Å². The molecule has 1 aliphatic heterocycles. The second-order valence-electron chi connectivity index (χ2n) is 6.65. The summed E-state index contributed by atoms with van der Waals surface area (Å²) in [6, 6.07) is 8.33. The molecule has 0 radical (unpaired) electrons. The molecule has 1 atom stereocenters. The van der Waals surface area contributed by atoms with E-state index in [4.69, 9.17) is 10.5 Å². The van der Waals surface area contributed by atoms with Crippen LogP contribution in [0.25, 0.3) is 0 Å². The molecule has 1 aromatic rings. The SMILES string of the molecule is CC(CN=C(N)Nc1cccc(C(C)C)c1)CN1CCOCC1. The Hall–Kier alpha value is -1.59. The number of nitrogens with zero attached hydrogens (tertiary/aromatic N) is 2. The molecule has 0 bridgehead atoms. The highest BCUT2D eigenvalue weighted by Crippen LogP contribution is 2.18. The Kier molecular flexibility index (Phi) is 6.86. The molecule has 0 amide bonds. The van der Waals surface area contributed by atoms with Gasteiger partial charge >= 0.3 is 0 Å². The summed E-state index contributed by atoms with van der Waals surface area (Å²) in [5.74, 6) is 1.47. The van der Waals surface area contributed by atoms with Gasteiger partial charge in [0, 0.05) is 31.9 Å². The van der Waals surface area contributed by atoms with Crippen molar-refractivity contribution in [2.75, 3.05) is 44.7 Å². The molecule has 0 spiro atoms. The van der Waals surface area contributed by atoms with E-state index >= 15 is 0 Å². The molecule has 2 rings (SSSR count). The number of nitrogens with one attached hydrogen (secondary N) is 1. The maximum Gasteiger partial charge on any atom is 0.193 e. The minimum atomic E-state index is 0.482. The van der Waals surface area contributed by atoms with Gasteiger partial charge in [-0.25, -0.2) is 0 Å². The van der Waals surface area contributed by atoms with Crippen molar-refractivity contribution in [2.24, 2.45) is 16.6 Å². The van der Waals surface area contributed by atoms with Crippen LogP contribution in [0.1, 0.15) is 32.3 Å². The minimum Gasteiger partial charge on any atom is -0.379 e. The summed E-state index contributed by atoms with van der Waals surface area (Å²) in [7, 11) is 0. The van der Waals surface area contributed by atoms with Gasteiger partial charge in [0.1, 0.15) is 0 Å². The fraction of sp³-hybridized carbons (Fsp3) is 0.611. The quantitative estimate of drug-likeness (QED) is 0.625. The van der Waals surface area contributed by atoms with E-state index in [-0.39, 0.29) is 0 Å². The summed E-state index contributed by atoms with van der Waals surface area (Å²) in [6.45, 7) is 12.1. The molecular weight excluding hydrogens is 288 g/mol. The van der Waals surface area contributed by atoms with Gasteiger partial charge in [0.15, 0.2) is 5.96 Å². The van der Waals surface area contributed by atoms with Gasteiger partial charge in [0.05, 0.1) is 13.2 Å². The highest BCUT2D eigenvalue weighted by atomic mass is 16.5. The highest BCUT2D eigenvalue weighted by molar-refractivity contribution is 5.92. The highest BCUT2D eigenvalue weighted by Gasteiger charge is 2.13. The molecule has 1 aromatic carbocycles. The van der Waals surface area contributed by atoms with Crippen LogP contribution in [0, 0.1) is 5.92 Å². The van der Waals surface area contributed by atoms with Crippen molar-refractivity contribution in [3.8, 4) is 0 Å². The minimum absolute atomic E-state index is 0.482. The van der Waals surface area contributed by atoms with Crippen LogP contribution in [0.5, 0.6) is 0 Å². The van der Waals surface area contributed by atoms with E-state index in [1.807, 2.05) is 12.1 Å². The normalized spacial score (nSPS) is 18.2. The maximum absolute atomic E-state index is 6.02. The number of nitrogens with two attached hydrogens (primary N) is 1. The van der Waals surface area contributed by atoms with Crippen molar-refractivity contribution in [2.45, 2.75) is 26.7 Å². The zero-order chi connectivity index (χ0) is 16.7. The second kappa shape index (κ2) is 8.89. The van der Waals surface area contributed by atoms with Crippen molar-refractivity contribution in [3.05, 3.63) is 29.8 Å². The first-order chi connectivity index (χ1) is 11.0. The maximum atomic E-state index is 6.02. The van der Waals surface area contributed by atoms with Gasteiger partial charge in [-0.05, 0) is 29.5 Å². The molecule has 5 nitrogen and oxygen atoms in total. The predicted octanol–water partition coefficient (Wildman–Crippen LogP) is 2.50. The second-order valence-corrected chi connectivity index (χ2v) is 6.65. The lowest BCUT2D eigenvalue weighted by Crippen LogP contribution is -2.39. The molecule has 1 saturated heterocycles. The third kappa shape index (κ3) is 6.20. The molecule has 1 fully saturated rings. The van der Waals surface area contributed by atoms with E-state index < -0.39 is 0 Å². The summed E-state index contributed by atoms with van der Waals surface area (Å²) in [4.78, 5) is 6.91. The summed E-state index contributed by atoms with van der Waals surface area (Å²) < 4.78 is 5.37. The lowest BCUT2D eigenvalue weighted by molar-refractivity contribution is 0.0323. The molecule has 128 valence electrons. The molecule has 5 heteroatoms. The van der Waals surface area contributed by atoms with Crippen molar-refractivity contribution in [1.82, 2.24) is 4.90 Å². The first kappa shape index (κ1) is 17.8. The lowest BCUT2D eigenvalue weighted by Gasteiger charge is -2.28.